The van der Waals surface area contributed by atoms with Crippen LogP contribution in [-0.2, 0) is 14.3 Å². The number of aliphatic carboxylic acids is 1. The summed E-state index contributed by atoms with van der Waals surface area (Å²) in [6, 6.07) is -0.783. The molecule has 0 aromatic carbocycles. The molecule has 1 rings (SSSR count). The van der Waals surface area contributed by atoms with Crippen LogP contribution in [0.5, 0.6) is 0 Å². The van der Waals surface area contributed by atoms with Crippen LogP contribution in [0.4, 0.5) is 0 Å². The molecule has 18 heavy (non-hydrogen) atoms. The molecule has 2 atom stereocenters. The van der Waals surface area contributed by atoms with E-state index in [-0.39, 0.29) is 18.7 Å². The quantitative estimate of drug-likeness (QED) is 0.559. The highest BCUT2D eigenvalue weighted by Gasteiger charge is 2.23. The van der Waals surface area contributed by atoms with Gasteiger partial charge in [-0.3, -0.25) is 19.9 Å². The molecule has 0 spiro atoms. The van der Waals surface area contributed by atoms with Gasteiger partial charge in [-0.15, -0.1) is 0 Å². The molecule has 1 amide bonds. The van der Waals surface area contributed by atoms with Gasteiger partial charge < -0.3 is 9.84 Å². The number of nitrogens with zero attached hydrogens (tertiary/aromatic N) is 1. The number of carboxylic acids is 1. The van der Waals surface area contributed by atoms with E-state index in [1.165, 1.54) is 11.9 Å². The summed E-state index contributed by atoms with van der Waals surface area (Å²) >= 11 is 0. The number of carbonyl (C=O) groups excluding carboxylic acids is 1. The molecule has 1 heterocycles. The summed E-state index contributed by atoms with van der Waals surface area (Å²) in [6.45, 7) is 2.19. The smallest absolute Gasteiger partial charge is 0.322 e. The maximum absolute atomic E-state index is 11.1. The predicted octanol–water partition coefficient (Wildman–Crippen LogP) is -0.461. The minimum Gasteiger partial charge on any atom is -0.480 e. The Morgan fingerprint density at radius 1 is 1.50 bits per heavy atom. The normalized spacial score (nSPS) is 21.3. The van der Waals surface area contributed by atoms with E-state index >= 15 is 0 Å². The Hall–Kier alpha value is -1.18. The first kappa shape index (κ1) is 14.9. The van der Waals surface area contributed by atoms with Crippen LogP contribution < -0.4 is 10.7 Å². The number of nitrogens with one attached hydrogen (secondary N) is 2. The zero-order valence-corrected chi connectivity index (χ0v) is 10.8. The largest absolute Gasteiger partial charge is 0.480 e. The van der Waals surface area contributed by atoms with Crippen LogP contribution in [0.2, 0.25) is 0 Å². The number of hydrogen-bond acceptors (Lipinski definition) is 5. The van der Waals surface area contributed by atoms with Gasteiger partial charge >= 0.3 is 5.97 Å². The molecule has 1 unspecified atom stereocenters. The lowest BCUT2D eigenvalue weighted by Crippen LogP contribution is -2.53. The topological polar surface area (TPSA) is 90.9 Å². The highest BCUT2D eigenvalue weighted by Crippen LogP contribution is 2.10. The van der Waals surface area contributed by atoms with Crippen molar-refractivity contribution in [1.29, 1.82) is 0 Å². The Labute approximate surface area is 106 Å². The van der Waals surface area contributed by atoms with Crippen LogP contribution in [0.25, 0.3) is 0 Å². The van der Waals surface area contributed by atoms with Crippen molar-refractivity contribution in [1.82, 2.24) is 15.8 Å². The van der Waals surface area contributed by atoms with E-state index in [0.717, 1.165) is 19.3 Å². The van der Waals surface area contributed by atoms with Crippen molar-refractivity contribution in [3.8, 4) is 0 Å². The predicted molar refractivity (Wildman–Crippen MR) is 64.6 cm³/mol. The Morgan fingerprint density at radius 3 is 2.72 bits per heavy atom. The molecule has 0 aromatic rings. The Bertz CT molecular complexity index is 292. The fourth-order valence-corrected chi connectivity index (χ4v) is 1.65. The summed E-state index contributed by atoms with van der Waals surface area (Å²) < 4.78 is 5.43. The van der Waals surface area contributed by atoms with Crippen molar-refractivity contribution in [3.05, 3.63) is 0 Å². The summed E-state index contributed by atoms with van der Waals surface area (Å²) in [6.07, 6.45) is 2.64. The van der Waals surface area contributed by atoms with Gasteiger partial charge in [-0.2, -0.15) is 0 Å². The minimum atomic E-state index is -0.964. The van der Waals surface area contributed by atoms with E-state index in [0.29, 0.717) is 6.61 Å². The second-order valence-electron chi connectivity index (χ2n) is 4.35. The van der Waals surface area contributed by atoms with Crippen molar-refractivity contribution in [2.45, 2.75) is 38.5 Å². The molecule has 0 aromatic heterocycles. The first-order valence-electron chi connectivity index (χ1n) is 6.09. The molecular formula is C11H21N3O4. The molecule has 7 heteroatoms. The summed E-state index contributed by atoms with van der Waals surface area (Å²) in [7, 11) is 1.55. The first-order chi connectivity index (χ1) is 8.50. The van der Waals surface area contributed by atoms with Crippen molar-refractivity contribution < 1.29 is 19.4 Å². The second-order valence-corrected chi connectivity index (χ2v) is 4.35. The van der Waals surface area contributed by atoms with E-state index in [9.17, 15) is 9.59 Å². The zero-order valence-electron chi connectivity index (χ0n) is 10.8. The highest BCUT2D eigenvalue weighted by atomic mass is 16.5. The highest BCUT2D eigenvalue weighted by molar-refractivity contribution is 5.74. The molecule has 0 aliphatic carbocycles. The maximum atomic E-state index is 11.1. The molecule has 7 nitrogen and oxygen atoms in total. The molecule has 1 aliphatic heterocycles. The summed E-state index contributed by atoms with van der Waals surface area (Å²) in [4.78, 5) is 22.1. The minimum absolute atomic E-state index is 0.130. The molecule has 0 radical (unpaired) electrons. The number of carbonyl (C=O) groups is 2. The maximum Gasteiger partial charge on any atom is 0.322 e. The van der Waals surface area contributed by atoms with E-state index < -0.39 is 12.0 Å². The number of carboxylic acid groups (broad SMARTS) is 1. The third-order valence-corrected chi connectivity index (χ3v) is 2.87. The number of hydrazine groups is 1. The fourth-order valence-electron chi connectivity index (χ4n) is 1.65. The van der Waals surface area contributed by atoms with Crippen molar-refractivity contribution in [3.63, 3.8) is 0 Å². The Balaban J connectivity index is 2.39. The third kappa shape index (κ3) is 4.99. The van der Waals surface area contributed by atoms with Crippen molar-refractivity contribution in [2.24, 2.45) is 0 Å². The van der Waals surface area contributed by atoms with Crippen LogP contribution >= 0.6 is 0 Å². The second kappa shape index (κ2) is 7.30. The van der Waals surface area contributed by atoms with Crippen LogP contribution in [0, 0.1) is 0 Å². The fraction of sp³-hybridized carbons (Fsp3) is 0.818. The molecule has 1 saturated heterocycles. The van der Waals surface area contributed by atoms with Gasteiger partial charge in [-0.1, -0.05) is 0 Å². The molecule has 0 saturated carbocycles. The van der Waals surface area contributed by atoms with Gasteiger partial charge in [0.1, 0.15) is 12.3 Å². The molecule has 3 N–H and O–H groups in total. The molecule has 1 fully saturated rings. The number of amides is 1. The molecular weight excluding hydrogens is 238 g/mol. The number of hydrogen-bond donors (Lipinski definition) is 3. The lowest BCUT2D eigenvalue weighted by molar-refractivity contribution is -0.142. The summed E-state index contributed by atoms with van der Waals surface area (Å²) in [5.74, 6) is -1.14. The van der Waals surface area contributed by atoms with Crippen LogP contribution in [0.15, 0.2) is 0 Å². The van der Waals surface area contributed by atoms with Gasteiger partial charge in [0.05, 0.1) is 0 Å². The monoisotopic (exact) mass is 259 g/mol. The van der Waals surface area contributed by atoms with E-state index in [1.807, 2.05) is 0 Å². The van der Waals surface area contributed by atoms with Gasteiger partial charge in [-0.25, -0.2) is 5.43 Å². The lowest BCUT2D eigenvalue weighted by atomic mass is 10.1. The number of rotatable bonds is 6. The Kier molecular flexibility index (Phi) is 6.03. The first-order valence-corrected chi connectivity index (χ1v) is 6.09. The van der Waals surface area contributed by atoms with Crippen molar-refractivity contribution >= 4 is 11.9 Å². The molecule has 1 aliphatic rings. The SMILES string of the molecule is CC(=O)N(C)NC[C@H](NC1CCCCO1)C(=O)O. The third-order valence-electron chi connectivity index (χ3n) is 2.87. The van der Waals surface area contributed by atoms with E-state index in [1.54, 1.807) is 7.05 Å². The van der Waals surface area contributed by atoms with Gasteiger partial charge in [0.25, 0.3) is 0 Å². The van der Waals surface area contributed by atoms with Crippen molar-refractivity contribution in [2.75, 3.05) is 20.2 Å². The lowest BCUT2D eigenvalue weighted by Gasteiger charge is -2.28. The van der Waals surface area contributed by atoms with E-state index in [2.05, 4.69) is 10.7 Å². The van der Waals surface area contributed by atoms with Crippen LogP contribution in [0.3, 0.4) is 0 Å². The molecule has 0 bridgehead atoms. The van der Waals surface area contributed by atoms with Crippen LogP contribution in [-0.4, -0.2) is 54.5 Å². The van der Waals surface area contributed by atoms with Gasteiger partial charge in [0.15, 0.2) is 0 Å². The van der Waals surface area contributed by atoms with Gasteiger partial charge in [0, 0.05) is 27.1 Å². The zero-order chi connectivity index (χ0) is 13.5. The Morgan fingerprint density at radius 2 is 2.22 bits per heavy atom. The average molecular weight is 259 g/mol. The van der Waals surface area contributed by atoms with Crippen LogP contribution in [0.1, 0.15) is 26.2 Å². The van der Waals surface area contributed by atoms with E-state index in [4.69, 9.17) is 9.84 Å². The average Bonchev–Trinajstić information content (AvgIpc) is 2.34. The number of ether oxygens (including phenoxy) is 1. The van der Waals surface area contributed by atoms with Gasteiger partial charge in [0.2, 0.25) is 5.91 Å². The summed E-state index contributed by atoms with van der Waals surface area (Å²) in [5.41, 5.74) is 2.74. The standard InChI is InChI=1S/C11H21N3O4/c1-8(15)14(2)12-7-9(11(16)17)13-10-5-3-4-6-18-10/h9-10,12-13H,3-7H2,1-2H3,(H,16,17)/t9-,10?/m0/s1. The molecule has 104 valence electrons. The summed E-state index contributed by atoms with van der Waals surface area (Å²) in [5, 5.41) is 13.3. The van der Waals surface area contributed by atoms with Gasteiger partial charge in [-0.05, 0) is 19.3 Å².